The summed E-state index contributed by atoms with van der Waals surface area (Å²) in [5.74, 6) is 1.08. The van der Waals surface area contributed by atoms with E-state index in [0.29, 0.717) is 11.8 Å². The van der Waals surface area contributed by atoms with E-state index in [-0.39, 0.29) is 5.82 Å². The molecule has 1 fully saturated rings. The van der Waals surface area contributed by atoms with Gasteiger partial charge in [0.2, 0.25) is 5.89 Å². The van der Waals surface area contributed by atoms with E-state index >= 15 is 0 Å². The molecule has 0 amide bonds. The topological polar surface area (TPSA) is 99.1 Å². The highest BCUT2D eigenvalue weighted by molar-refractivity contribution is 7.90. The molecule has 1 aromatic heterocycles. The van der Waals surface area contributed by atoms with E-state index in [1.807, 2.05) is 0 Å². The fourth-order valence-electron chi connectivity index (χ4n) is 2.58. The average Bonchev–Trinajstić information content (AvgIpc) is 2.76. The number of sulfone groups is 1. The predicted molar refractivity (Wildman–Crippen MR) is 71.1 cm³/mol. The van der Waals surface area contributed by atoms with Crippen LogP contribution in [0.2, 0.25) is 0 Å². The molecule has 1 aliphatic rings. The lowest BCUT2D eigenvalue weighted by Gasteiger charge is -2.33. The van der Waals surface area contributed by atoms with Crippen molar-refractivity contribution in [2.24, 2.45) is 11.7 Å². The van der Waals surface area contributed by atoms with Gasteiger partial charge < -0.3 is 10.3 Å². The zero-order chi connectivity index (χ0) is 14.3. The number of aromatic nitrogens is 2. The molecule has 0 aromatic carbocycles. The third-order valence-electron chi connectivity index (χ3n) is 3.91. The Morgan fingerprint density at radius 3 is 2.79 bits per heavy atom. The van der Waals surface area contributed by atoms with Gasteiger partial charge in [-0.2, -0.15) is 4.98 Å². The molecule has 3 unspecified atom stereocenters. The Labute approximate surface area is 113 Å². The number of rotatable bonds is 3. The van der Waals surface area contributed by atoms with Crippen LogP contribution in [0, 0.1) is 5.92 Å². The second kappa shape index (κ2) is 4.86. The van der Waals surface area contributed by atoms with Crippen LogP contribution in [0.1, 0.15) is 56.5 Å². The Kier molecular flexibility index (Phi) is 3.70. The van der Waals surface area contributed by atoms with Gasteiger partial charge in [0.15, 0.2) is 15.7 Å². The van der Waals surface area contributed by atoms with Crippen LogP contribution >= 0.6 is 0 Å². The maximum Gasteiger partial charge on any atom is 0.246 e. The minimum Gasteiger partial charge on any atom is -0.337 e. The van der Waals surface area contributed by atoms with Crippen molar-refractivity contribution in [3.63, 3.8) is 0 Å². The van der Waals surface area contributed by atoms with Crippen molar-refractivity contribution in [1.82, 2.24) is 10.1 Å². The van der Waals surface area contributed by atoms with Crippen molar-refractivity contribution < 1.29 is 12.9 Å². The van der Waals surface area contributed by atoms with Gasteiger partial charge in [-0.25, -0.2) is 8.42 Å². The van der Waals surface area contributed by atoms with E-state index in [1.54, 1.807) is 6.92 Å². The first-order chi connectivity index (χ1) is 8.72. The standard InChI is InChI=1S/C12H21N3O3S/c1-8-5-4-6-12(13,7-8)11-14-10(15-18-11)9(2)19(3,16)17/h8-9H,4-7,13H2,1-3H3. The van der Waals surface area contributed by atoms with E-state index in [9.17, 15) is 8.42 Å². The minimum atomic E-state index is -3.23. The molecular weight excluding hydrogens is 266 g/mol. The second-order valence-electron chi connectivity index (χ2n) is 5.79. The van der Waals surface area contributed by atoms with Gasteiger partial charge >= 0.3 is 0 Å². The number of hydrogen-bond donors (Lipinski definition) is 1. The van der Waals surface area contributed by atoms with Crippen LogP contribution in [0.3, 0.4) is 0 Å². The summed E-state index contributed by atoms with van der Waals surface area (Å²) in [5.41, 5.74) is 5.74. The molecule has 19 heavy (non-hydrogen) atoms. The van der Waals surface area contributed by atoms with E-state index in [1.165, 1.54) is 0 Å². The van der Waals surface area contributed by atoms with Crippen LogP contribution in [-0.4, -0.2) is 24.8 Å². The summed E-state index contributed by atoms with van der Waals surface area (Å²) in [7, 11) is -3.23. The van der Waals surface area contributed by atoms with Crippen molar-refractivity contribution in [3.8, 4) is 0 Å². The van der Waals surface area contributed by atoms with Crippen LogP contribution in [0.5, 0.6) is 0 Å². The third-order valence-corrected chi connectivity index (χ3v) is 5.40. The number of nitrogens with two attached hydrogens (primary N) is 1. The summed E-state index contributed by atoms with van der Waals surface area (Å²) in [4.78, 5) is 4.22. The van der Waals surface area contributed by atoms with E-state index in [0.717, 1.165) is 31.9 Å². The fourth-order valence-corrected chi connectivity index (χ4v) is 3.06. The molecule has 2 rings (SSSR count). The van der Waals surface area contributed by atoms with Gasteiger partial charge in [0.05, 0.1) is 5.54 Å². The van der Waals surface area contributed by atoms with Crippen molar-refractivity contribution >= 4 is 9.84 Å². The Hall–Kier alpha value is -0.950. The molecule has 2 N–H and O–H groups in total. The molecule has 1 aliphatic carbocycles. The molecule has 3 atom stereocenters. The van der Waals surface area contributed by atoms with Crippen LogP contribution in [0.25, 0.3) is 0 Å². The Morgan fingerprint density at radius 1 is 1.53 bits per heavy atom. The molecule has 0 spiro atoms. The summed E-state index contributed by atoms with van der Waals surface area (Å²) in [6.07, 6.45) is 4.93. The molecule has 0 radical (unpaired) electrons. The van der Waals surface area contributed by atoms with Crippen LogP contribution < -0.4 is 5.73 Å². The smallest absolute Gasteiger partial charge is 0.246 e. The summed E-state index contributed by atoms with van der Waals surface area (Å²) in [6, 6.07) is 0. The summed E-state index contributed by atoms with van der Waals surface area (Å²) in [6.45, 7) is 3.70. The zero-order valence-electron chi connectivity index (χ0n) is 11.6. The van der Waals surface area contributed by atoms with Gasteiger partial charge in [0, 0.05) is 6.26 Å². The lowest BCUT2D eigenvalue weighted by Crippen LogP contribution is -2.41. The SMILES string of the molecule is CC1CCCC(N)(c2nc(C(C)S(C)(=O)=O)no2)C1. The summed E-state index contributed by atoms with van der Waals surface area (Å²) in [5, 5.41) is 3.01. The highest BCUT2D eigenvalue weighted by Gasteiger charge is 2.38. The molecule has 1 saturated carbocycles. The van der Waals surface area contributed by atoms with Crippen molar-refractivity contribution in [3.05, 3.63) is 11.7 Å². The lowest BCUT2D eigenvalue weighted by atomic mass is 9.77. The molecule has 0 saturated heterocycles. The first-order valence-corrected chi connectivity index (χ1v) is 8.50. The Bertz CT molecular complexity index is 554. The molecule has 108 valence electrons. The van der Waals surface area contributed by atoms with Gasteiger partial charge in [0.1, 0.15) is 5.25 Å². The normalized spacial score (nSPS) is 30.2. The van der Waals surface area contributed by atoms with Gasteiger partial charge in [-0.15, -0.1) is 0 Å². The van der Waals surface area contributed by atoms with Gasteiger partial charge in [-0.3, -0.25) is 0 Å². The molecule has 7 heteroatoms. The van der Waals surface area contributed by atoms with Crippen molar-refractivity contribution in [2.75, 3.05) is 6.26 Å². The van der Waals surface area contributed by atoms with Crippen LogP contribution in [0.15, 0.2) is 4.52 Å². The van der Waals surface area contributed by atoms with Crippen LogP contribution in [0.4, 0.5) is 0 Å². The van der Waals surface area contributed by atoms with Crippen molar-refractivity contribution in [1.29, 1.82) is 0 Å². The van der Waals surface area contributed by atoms with Crippen LogP contribution in [-0.2, 0) is 15.4 Å². The van der Waals surface area contributed by atoms with E-state index < -0.39 is 20.6 Å². The van der Waals surface area contributed by atoms with Gasteiger partial charge in [-0.05, 0) is 25.7 Å². The quantitative estimate of drug-likeness (QED) is 0.905. The first kappa shape index (κ1) is 14.5. The summed E-state index contributed by atoms with van der Waals surface area (Å²) < 4.78 is 28.2. The number of nitrogens with zero attached hydrogens (tertiary/aromatic N) is 2. The van der Waals surface area contributed by atoms with E-state index in [4.69, 9.17) is 10.3 Å². The average molecular weight is 287 g/mol. The monoisotopic (exact) mass is 287 g/mol. The molecule has 0 bridgehead atoms. The highest BCUT2D eigenvalue weighted by atomic mass is 32.2. The zero-order valence-corrected chi connectivity index (χ0v) is 12.4. The largest absolute Gasteiger partial charge is 0.337 e. The maximum atomic E-state index is 11.5. The van der Waals surface area contributed by atoms with Crippen molar-refractivity contribution in [2.45, 2.75) is 50.3 Å². The molecular formula is C12H21N3O3S. The Balaban J connectivity index is 2.26. The predicted octanol–water partition coefficient (Wildman–Crippen LogP) is 1.54. The number of hydrogen-bond acceptors (Lipinski definition) is 6. The minimum absolute atomic E-state index is 0.195. The molecule has 1 aromatic rings. The third kappa shape index (κ3) is 2.97. The van der Waals surface area contributed by atoms with Gasteiger partial charge in [0.25, 0.3) is 0 Å². The first-order valence-electron chi connectivity index (χ1n) is 6.54. The molecule has 0 aliphatic heterocycles. The molecule has 6 nitrogen and oxygen atoms in total. The second-order valence-corrected chi connectivity index (χ2v) is 8.15. The lowest BCUT2D eigenvalue weighted by molar-refractivity contribution is 0.183. The molecule has 1 heterocycles. The van der Waals surface area contributed by atoms with Gasteiger partial charge in [-0.1, -0.05) is 24.9 Å². The fraction of sp³-hybridized carbons (Fsp3) is 0.833. The maximum absolute atomic E-state index is 11.5. The highest BCUT2D eigenvalue weighted by Crippen LogP contribution is 2.37. The van der Waals surface area contributed by atoms with E-state index in [2.05, 4.69) is 17.1 Å². The Morgan fingerprint density at radius 2 is 2.21 bits per heavy atom. The summed E-state index contributed by atoms with van der Waals surface area (Å²) >= 11 is 0.